The standard InChI is InChI=1S/C14H15FN2O2/c1-3-19-14(18)10-7-12(17-13(10)16)9-4-5-11(15)8(2)6-9/h4-7,17H,3,16H2,1-2H3. The molecule has 0 aliphatic carbocycles. The molecule has 0 unspecified atom stereocenters. The van der Waals surface area contributed by atoms with Crippen LogP contribution in [0.25, 0.3) is 11.3 Å². The summed E-state index contributed by atoms with van der Waals surface area (Å²) >= 11 is 0. The van der Waals surface area contributed by atoms with Gasteiger partial charge in [-0.3, -0.25) is 0 Å². The Morgan fingerprint density at radius 2 is 2.16 bits per heavy atom. The topological polar surface area (TPSA) is 68.1 Å². The molecule has 0 amide bonds. The van der Waals surface area contributed by atoms with E-state index in [2.05, 4.69) is 4.98 Å². The third kappa shape index (κ3) is 2.59. The van der Waals surface area contributed by atoms with E-state index < -0.39 is 5.97 Å². The number of carbonyl (C=O) groups is 1. The number of hydrogen-bond acceptors (Lipinski definition) is 3. The molecule has 0 bridgehead atoms. The van der Waals surface area contributed by atoms with Gasteiger partial charge in [-0.05, 0) is 49.2 Å². The van der Waals surface area contributed by atoms with Crippen molar-refractivity contribution in [1.82, 2.24) is 4.98 Å². The number of hydrogen-bond donors (Lipinski definition) is 2. The van der Waals surface area contributed by atoms with Gasteiger partial charge in [0.1, 0.15) is 17.2 Å². The Balaban J connectivity index is 2.38. The number of aryl methyl sites for hydroxylation is 1. The monoisotopic (exact) mass is 262 g/mol. The van der Waals surface area contributed by atoms with Crippen molar-refractivity contribution in [3.63, 3.8) is 0 Å². The first-order chi connectivity index (χ1) is 9.02. The molecule has 19 heavy (non-hydrogen) atoms. The van der Waals surface area contributed by atoms with Gasteiger partial charge in [-0.1, -0.05) is 0 Å². The van der Waals surface area contributed by atoms with Gasteiger partial charge in [-0.25, -0.2) is 9.18 Å². The van der Waals surface area contributed by atoms with E-state index in [-0.39, 0.29) is 18.2 Å². The van der Waals surface area contributed by atoms with Crippen LogP contribution in [0, 0.1) is 12.7 Å². The lowest BCUT2D eigenvalue weighted by atomic mass is 10.1. The highest BCUT2D eigenvalue weighted by Crippen LogP contribution is 2.25. The van der Waals surface area contributed by atoms with Crippen molar-refractivity contribution in [3.05, 3.63) is 41.2 Å². The van der Waals surface area contributed by atoms with Crippen molar-refractivity contribution in [3.8, 4) is 11.3 Å². The second-order valence-electron chi connectivity index (χ2n) is 4.19. The molecule has 1 aromatic carbocycles. The largest absolute Gasteiger partial charge is 0.462 e. The normalized spacial score (nSPS) is 10.5. The van der Waals surface area contributed by atoms with Crippen LogP contribution in [0.2, 0.25) is 0 Å². The number of anilines is 1. The zero-order valence-corrected chi connectivity index (χ0v) is 10.8. The molecule has 2 aromatic rings. The summed E-state index contributed by atoms with van der Waals surface area (Å²) in [6.45, 7) is 3.69. The second-order valence-corrected chi connectivity index (χ2v) is 4.19. The molecule has 3 N–H and O–H groups in total. The van der Waals surface area contributed by atoms with E-state index >= 15 is 0 Å². The molecular weight excluding hydrogens is 247 g/mol. The van der Waals surface area contributed by atoms with E-state index in [9.17, 15) is 9.18 Å². The molecule has 0 aliphatic heterocycles. The van der Waals surface area contributed by atoms with Crippen molar-refractivity contribution < 1.29 is 13.9 Å². The fraction of sp³-hybridized carbons (Fsp3) is 0.214. The first-order valence-corrected chi connectivity index (χ1v) is 5.95. The van der Waals surface area contributed by atoms with Crippen molar-refractivity contribution in [1.29, 1.82) is 0 Å². The van der Waals surface area contributed by atoms with E-state index in [4.69, 9.17) is 10.5 Å². The van der Waals surface area contributed by atoms with Gasteiger partial charge in [-0.15, -0.1) is 0 Å². The van der Waals surface area contributed by atoms with E-state index in [0.29, 0.717) is 16.8 Å². The lowest BCUT2D eigenvalue weighted by molar-refractivity contribution is 0.0528. The van der Waals surface area contributed by atoms with Gasteiger partial charge in [0.2, 0.25) is 0 Å². The van der Waals surface area contributed by atoms with Crippen LogP contribution in [-0.2, 0) is 4.74 Å². The first-order valence-electron chi connectivity index (χ1n) is 5.95. The van der Waals surface area contributed by atoms with E-state index in [1.807, 2.05) is 0 Å². The number of esters is 1. The van der Waals surface area contributed by atoms with Crippen molar-refractivity contribution in [2.75, 3.05) is 12.3 Å². The Morgan fingerprint density at radius 1 is 1.42 bits per heavy atom. The molecule has 0 radical (unpaired) electrons. The molecule has 1 heterocycles. The highest BCUT2D eigenvalue weighted by Gasteiger charge is 2.15. The average molecular weight is 262 g/mol. The predicted octanol–water partition coefficient (Wildman–Crippen LogP) is 2.89. The van der Waals surface area contributed by atoms with Crippen LogP contribution in [0.5, 0.6) is 0 Å². The molecule has 1 aromatic heterocycles. The first kappa shape index (κ1) is 13.1. The molecule has 5 heteroatoms. The third-order valence-corrected chi connectivity index (χ3v) is 2.81. The Kier molecular flexibility index (Phi) is 3.55. The number of halogens is 1. The van der Waals surface area contributed by atoms with Gasteiger partial charge < -0.3 is 15.5 Å². The number of benzene rings is 1. The minimum absolute atomic E-state index is 0.246. The molecule has 0 saturated carbocycles. The Hall–Kier alpha value is -2.30. The van der Waals surface area contributed by atoms with Gasteiger partial charge in [0.15, 0.2) is 0 Å². The Bertz CT molecular complexity index is 620. The molecule has 0 atom stereocenters. The highest BCUT2D eigenvalue weighted by molar-refractivity contribution is 5.96. The fourth-order valence-electron chi connectivity index (χ4n) is 1.82. The zero-order chi connectivity index (χ0) is 14.0. The molecular formula is C14H15FN2O2. The highest BCUT2D eigenvalue weighted by atomic mass is 19.1. The summed E-state index contributed by atoms with van der Waals surface area (Å²) in [7, 11) is 0. The number of nitrogens with two attached hydrogens (primary N) is 1. The summed E-state index contributed by atoms with van der Waals surface area (Å²) in [4.78, 5) is 14.6. The van der Waals surface area contributed by atoms with Crippen LogP contribution >= 0.6 is 0 Å². The number of nitrogen functional groups attached to an aromatic ring is 1. The maximum Gasteiger partial charge on any atom is 0.341 e. The number of carbonyl (C=O) groups excluding carboxylic acids is 1. The molecule has 0 saturated heterocycles. The van der Waals surface area contributed by atoms with Crippen molar-refractivity contribution in [2.24, 2.45) is 0 Å². The number of nitrogens with one attached hydrogen (secondary N) is 1. The number of H-pyrrole nitrogens is 1. The van der Waals surface area contributed by atoms with Gasteiger partial charge in [0.25, 0.3) is 0 Å². The second kappa shape index (κ2) is 5.14. The van der Waals surface area contributed by atoms with Crippen LogP contribution < -0.4 is 5.73 Å². The SMILES string of the molecule is CCOC(=O)c1cc(-c2ccc(F)c(C)c2)[nH]c1N. The lowest BCUT2D eigenvalue weighted by Gasteiger charge is -2.00. The number of aromatic nitrogens is 1. The lowest BCUT2D eigenvalue weighted by Crippen LogP contribution is -2.05. The third-order valence-electron chi connectivity index (χ3n) is 2.81. The molecule has 0 fully saturated rings. The summed E-state index contributed by atoms with van der Waals surface area (Å²) in [5.74, 6) is -0.495. The van der Waals surface area contributed by atoms with Crippen LogP contribution in [0.1, 0.15) is 22.8 Å². The van der Waals surface area contributed by atoms with E-state index in [1.54, 1.807) is 32.0 Å². The quantitative estimate of drug-likeness (QED) is 0.836. The summed E-state index contributed by atoms with van der Waals surface area (Å²) in [6, 6.07) is 6.31. The summed E-state index contributed by atoms with van der Waals surface area (Å²) in [5.41, 5.74) is 7.99. The number of rotatable bonds is 3. The maximum atomic E-state index is 13.2. The van der Waals surface area contributed by atoms with E-state index in [1.165, 1.54) is 6.07 Å². The predicted molar refractivity (Wildman–Crippen MR) is 71.3 cm³/mol. The Labute approximate surface area is 110 Å². The fourth-order valence-corrected chi connectivity index (χ4v) is 1.82. The van der Waals surface area contributed by atoms with Crippen LogP contribution in [0.3, 0.4) is 0 Å². The molecule has 100 valence electrons. The van der Waals surface area contributed by atoms with Gasteiger partial charge in [0.05, 0.1) is 6.61 Å². The smallest absolute Gasteiger partial charge is 0.341 e. The average Bonchev–Trinajstić information content (AvgIpc) is 2.75. The molecule has 0 aliphatic rings. The molecule has 0 spiro atoms. The Morgan fingerprint density at radius 3 is 2.79 bits per heavy atom. The zero-order valence-electron chi connectivity index (χ0n) is 10.8. The van der Waals surface area contributed by atoms with Crippen molar-refractivity contribution in [2.45, 2.75) is 13.8 Å². The number of aromatic amines is 1. The summed E-state index contributed by atoms with van der Waals surface area (Å²) in [5, 5.41) is 0. The summed E-state index contributed by atoms with van der Waals surface area (Å²) < 4.78 is 18.1. The van der Waals surface area contributed by atoms with Crippen LogP contribution in [0.15, 0.2) is 24.3 Å². The number of ether oxygens (including phenoxy) is 1. The van der Waals surface area contributed by atoms with Gasteiger partial charge >= 0.3 is 5.97 Å². The van der Waals surface area contributed by atoms with Gasteiger partial charge in [-0.2, -0.15) is 0 Å². The van der Waals surface area contributed by atoms with Gasteiger partial charge in [0, 0.05) is 5.69 Å². The maximum absolute atomic E-state index is 13.2. The minimum Gasteiger partial charge on any atom is -0.462 e. The summed E-state index contributed by atoms with van der Waals surface area (Å²) in [6.07, 6.45) is 0. The molecule has 4 nitrogen and oxygen atoms in total. The van der Waals surface area contributed by atoms with E-state index in [0.717, 1.165) is 5.56 Å². The van der Waals surface area contributed by atoms with Crippen molar-refractivity contribution >= 4 is 11.8 Å². The van der Waals surface area contributed by atoms with Crippen LogP contribution in [-0.4, -0.2) is 17.6 Å². The minimum atomic E-state index is -0.471. The van der Waals surface area contributed by atoms with Crippen LogP contribution in [0.4, 0.5) is 10.2 Å². The molecule has 2 rings (SSSR count).